The van der Waals surface area contributed by atoms with Crippen molar-refractivity contribution < 1.29 is 14.3 Å². The molecule has 6 heteroatoms. The molecule has 6 nitrogen and oxygen atoms in total. The van der Waals surface area contributed by atoms with Gasteiger partial charge in [0.05, 0.1) is 6.61 Å². The Balaban J connectivity index is 2.05. The van der Waals surface area contributed by atoms with Crippen LogP contribution in [0, 0.1) is 6.92 Å². The first-order valence-electron chi connectivity index (χ1n) is 6.58. The Labute approximate surface area is 122 Å². The summed E-state index contributed by atoms with van der Waals surface area (Å²) in [5, 5.41) is 0. The number of carbonyl (C=O) groups excluding carboxylic acids is 1. The number of esters is 1. The summed E-state index contributed by atoms with van der Waals surface area (Å²) in [6.07, 6.45) is 1.36. The van der Waals surface area contributed by atoms with Crippen LogP contribution in [0.5, 0.6) is 5.75 Å². The van der Waals surface area contributed by atoms with Crippen molar-refractivity contribution in [2.75, 3.05) is 12.3 Å². The number of aromatic nitrogens is 2. The molecule has 0 unspecified atom stereocenters. The van der Waals surface area contributed by atoms with Crippen LogP contribution in [0.2, 0.25) is 0 Å². The Hall–Kier alpha value is -2.63. The molecule has 1 aromatic heterocycles. The number of anilines is 1. The van der Waals surface area contributed by atoms with Crippen molar-refractivity contribution in [2.24, 2.45) is 0 Å². The van der Waals surface area contributed by atoms with Crippen LogP contribution in [-0.4, -0.2) is 22.5 Å². The lowest BCUT2D eigenvalue weighted by Crippen LogP contribution is -2.12. The fraction of sp³-hybridized carbons (Fsp3) is 0.267. The van der Waals surface area contributed by atoms with Gasteiger partial charge in [-0.15, -0.1) is 0 Å². The van der Waals surface area contributed by atoms with Gasteiger partial charge < -0.3 is 15.2 Å². The predicted molar refractivity (Wildman–Crippen MR) is 77.9 cm³/mol. The molecule has 2 rings (SSSR count). The highest BCUT2D eigenvalue weighted by atomic mass is 16.5. The average molecular weight is 287 g/mol. The predicted octanol–water partition coefficient (Wildman–Crippen LogP) is 2.12. The SMILES string of the molecule is CCOC(=O)c1cnc(COc2cccc(C)c2)nc1N. The fourth-order valence-corrected chi connectivity index (χ4v) is 1.72. The molecule has 0 fully saturated rings. The van der Waals surface area contributed by atoms with Crippen molar-refractivity contribution in [1.82, 2.24) is 9.97 Å². The van der Waals surface area contributed by atoms with Crippen LogP contribution in [0.15, 0.2) is 30.5 Å². The monoisotopic (exact) mass is 287 g/mol. The van der Waals surface area contributed by atoms with Gasteiger partial charge in [-0.3, -0.25) is 0 Å². The van der Waals surface area contributed by atoms with Crippen LogP contribution < -0.4 is 10.5 Å². The number of nitrogen functional groups attached to an aromatic ring is 1. The zero-order chi connectivity index (χ0) is 15.2. The maximum Gasteiger partial charge on any atom is 0.343 e. The number of aryl methyl sites for hydroxylation is 1. The van der Waals surface area contributed by atoms with Gasteiger partial charge in [0.1, 0.15) is 23.7 Å². The lowest BCUT2D eigenvalue weighted by atomic mass is 10.2. The molecule has 0 radical (unpaired) electrons. The normalized spacial score (nSPS) is 10.2. The summed E-state index contributed by atoms with van der Waals surface area (Å²) in [5.74, 6) is 0.696. The van der Waals surface area contributed by atoms with Crippen molar-refractivity contribution in [3.8, 4) is 5.75 Å². The largest absolute Gasteiger partial charge is 0.486 e. The van der Waals surface area contributed by atoms with Crippen molar-refractivity contribution >= 4 is 11.8 Å². The van der Waals surface area contributed by atoms with Gasteiger partial charge in [-0.05, 0) is 31.5 Å². The third-order valence-electron chi connectivity index (χ3n) is 2.72. The minimum Gasteiger partial charge on any atom is -0.486 e. The van der Waals surface area contributed by atoms with Gasteiger partial charge in [0.2, 0.25) is 0 Å². The smallest absolute Gasteiger partial charge is 0.343 e. The van der Waals surface area contributed by atoms with Crippen LogP contribution in [0.1, 0.15) is 28.7 Å². The Morgan fingerprint density at radius 1 is 1.38 bits per heavy atom. The molecule has 0 saturated heterocycles. The molecule has 2 aromatic rings. The summed E-state index contributed by atoms with van der Waals surface area (Å²) in [4.78, 5) is 19.7. The molecule has 0 aliphatic heterocycles. The first kappa shape index (κ1) is 14.8. The zero-order valence-electron chi connectivity index (χ0n) is 12.0. The average Bonchev–Trinajstić information content (AvgIpc) is 2.45. The number of nitrogens with zero attached hydrogens (tertiary/aromatic N) is 2. The highest BCUT2D eigenvalue weighted by Crippen LogP contribution is 2.14. The number of ether oxygens (including phenoxy) is 2. The minimum atomic E-state index is -0.527. The Morgan fingerprint density at radius 2 is 2.19 bits per heavy atom. The molecule has 0 aliphatic carbocycles. The van der Waals surface area contributed by atoms with Gasteiger partial charge >= 0.3 is 5.97 Å². The Morgan fingerprint density at radius 3 is 2.86 bits per heavy atom. The number of rotatable bonds is 5. The van der Waals surface area contributed by atoms with E-state index >= 15 is 0 Å². The van der Waals surface area contributed by atoms with Crippen LogP contribution in [-0.2, 0) is 11.3 Å². The van der Waals surface area contributed by atoms with Crippen LogP contribution >= 0.6 is 0 Å². The van der Waals surface area contributed by atoms with Gasteiger partial charge in [-0.25, -0.2) is 14.8 Å². The molecule has 0 bridgehead atoms. The number of benzene rings is 1. The summed E-state index contributed by atoms with van der Waals surface area (Å²) in [7, 11) is 0. The van der Waals surface area contributed by atoms with Gasteiger partial charge in [-0.1, -0.05) is 12.1 Å². The fourth-order valence-electron chi connectivity index (χ4n) is 1.72. The van der Waals surface area contributed by atoms with Crippen molar-refractivity contribution in [1.29, 1.82) is 0 Å². The standard InChI is InChI=1S/C15H17N3O3/c1-3-20-15(19)12-8-17-13(18-14(12)16)9-21-11-6-4-5-10(2)7-11/h4-8H,3,9H2,1-2H3,(H2,16,17,18). The maximum absolute atomic E-state index is 11.6. The molecule has 0 saturated carbocycles. The minimum absolute atomic E-state index is 0.0892. The van der Waals surface area contributed by atoms with Crippen LogP contribution in [0.4, 0.5) is 5.82 Å². The zero-order valence-corrected chi connectivity index (χ0v) is 12.0. The number of hydrogen-bond acceptors (Lipinski definition) is 6. The molecule has 1 heterocycles. The van der Waals surface area contributed by atoms with E-state index in [2.05, 4.69) is 9.97 Å². The number of carbonyl (C=O) groups is 1. The van der Waals surface area contributed by atoms with E-state index in [1.807, 2.05) is 31.2 Å². The highest BCUT2D eigenvalue weighted by molar-refractivity contribution is 5.93. The summed E-state index contributed by atoms with van der Waals surface area (Å²) in [6.45, 7) is 4.15. The third kappa shape index (κ3) is 3.92. The summed E-state index contributed by atoms with van der Waals surface area (Å²) >= 11 is 0. The third-order valence-corrected chi connectivity index (χ3v) is 2.72. The van der Waals surface area contributed by atoms with Crippen molar-refractivity contribution in [3.05, 3.63) is 47.4 Å². The summed E-state index contributed by atoms with van der Waals surface area (Å²) in [6, 6.07) is 7.65. The number of hydrogen-bond donors (Lipinski definition) is 1. The first-order chi connectivity index (χ1) is 10.1. The second kappa shape index (κ2) is 6.69. The molecule has 0 amide bonds. The highest BCUT2D eigenvalue weighted by Gasteiger charge is 2.13. The van der Waals surface area contributed by atoms with E-state index in [9.17, 15) is 4.79 Å². The summed E-state index contributed by atoms with van der Waals surface area (Å²) in [5.41, 5.74) is 7.00. The van der Waals surface area contributed by atoms with E-state index in [0.29, 0.717) is 5.82 Å². The molecule has 110 valence electrons. The van der Waals surface area contributed by atoms with Crippen molar-refractivity contribution in [2.45, 2.75) is 20.5 Å². The molecular formula is C15H17N3O3. The molecule has 21 heavy (non-hydrogen) atoms. The molecule has 0 aliphatic rings. The van der Waals surface area contributed by atoms with Crippen LogP contribution in [0.25, 0.3) is 0 Å². The molecule has 2 N–H and O–H groups in total. The van der Waals surface area contributed by atoms with E-state index < -0.39 is 5.97 Å². The van der Waals surface area contributed by atoms with E-state index in [4.69, 9.17) is 15.2 Å². The van der Waals surface area contributed by atoms with E-state index in [1.165, 1.54) is 6.20 Å². The lowest BCUT2D eigenvalue weighted by Gasteiger charge is -2.08. The van der Waals surface area contributed by atoms with E-state index in [0.717, 1.165) is 11.3 Å². The summed E-state index contributed by atoms with van der Waals surface area (Å²) < 4.78 is 10.4. The molecule has 0 atom stereocenters. The Kier molecular flexibility index (Phi) is 4.71. The number of nitrogens with two attached hydrogens (primary N) is 1. The van der Waals surface area contributed by atoms with Crippen LogP contribution in [0.3, 0.4) is 0 Å². The van der Waals surface area contributed by atoms with Crippen molar-refractivity contribution in [3.63, 3.8) is 0 Å². The van der Waals surface area contributed by atoms with Gasteiger partial charge in [0.25, 0.3) is 0 Å². The topological polar surface area (TPSA) is 87.3 Å². The second-order valence-electron chi connectivity index (χ2n) is 4.41. The van der Waals surface area contributed by atoms with Gasteiger partial charge in [0, 0.05) is 6.20 Å². The van der Waals surface area contributed by atoms with Gasteiger partial charge in [-0.2, -0.15) is 0 Å². The molecule has 0 spiro atoms. The Bertz CT molecular complexity index is 644. The maximum atomic E-state index is 11.6. The second-order valence-corrected chi connectivity index (χ2v) is 4.41. The van der Waals surface area contributed by atoms with Gasteiger partial charge in [0.15, 0.2) is 5.82 Å². The van der Waals surface area contributed by atoms with E-state index in [-0.39, 0.29) is 24.6 Å². The first-order valence-corrected chi connectivity index (χ1v) is 6.58. The quantitative estimate of drug-likeness (QED) is 0.847. The van der Waals surface area contributed by atoms with E-state index in [1.54, 1.807) is 6.92 Å². The molecule has 1 aromatic carbocycles. The molecular weight excluding hydrogens is 270 g/mol. The lowest BCUT2D eigenvalue weighted by molar-refractivity contribution is 0.0526.